The number of carbonyl (C=O) groups is 1. The number of nitrogens with two attached hydrogens (primary N) is 1. The fraction of sp³-hybridized carbons (Fsp3) is 0.500. The number of rotatable bonds is 5. The summed E-state index contributed by atoms with van der Waals surface area (Å²) >= 11 is 0. The van der Waals surface area contributed by atoms with Gasteiger partial charge in [0.1, 0.15) is 0 Å². The van der Waals surface area contributed by atoms with E-state index in [0.717, 1.165) is 12.8 Å². The van der Waals surface area contributed by atoms with Gasteiger partial charge >= 0.3 is 0 Å². The fourth-order valence-corrected chi connectivity index (χ4v) is 1.94. The summed E-state index contributed by atoms with van der Waals surface area (Å²) in [5.41, 5.74) is 6.77. The van der Waals surface area contributed by atoms with E-state index < -0.39 is 0 Å². The quantitative estimate of drug-likeness (QED) is 0.890. The highest BCUT2D eigenvalue weighted by Crippen LogP contribution is 2.29. The Balaban J connectivity index is 0.00000162. The van der Waals surface area contributed by atoms with Gasteiger partial charge in [0, 0.05) is 25.0 Å². The van der Waals surface area contributed by atoms with Gasteiger partial charge in [0.05, 0.1) is 0 Å². The normalized spacial score (nSPS) is 15.7. The lowest BCUT2D eigenvalue weighted by molar-refractivity contribution is -0.135. The first-order valence-electron chi connectivity index (χ1n) is 6.27. The van der Waals surface area contributed by atoms with E-state index in [4.69, 9.17) is 5.73 Å². The number of hydrogen-bond donors (Lipinski definition) is 1. The zero-order valence-electron chi connectivity index (χ0n) is 10.7. The number of carbonyl (C=O) groups excluding carboxylic acids is 1. The minimum absolute atomic E-state index is 0. The summed E-state index contributed by atoms with van der Waals surface area (Å²) in [6.07, 6.45) is 2.27. The van der Waals surface area contributed by atoms with E-state index in [9.17, 15) is 4.79 Å². The molecule has 2 rings (SSSR count). The monoisotopic (exact) mass is 268 g/mol. The van der Waals surface area contributed by atoms with Crippen molar-refractivity contribution >= 4 is 18.3 Å². The van der Waals surface area contributed by atoms with Crippen molar-refractivity contribution in [1.82, 2.24) is 4.90 Å². The van der Waals surface area contributed by atoms with Crippen LogP contribution < -0.4 is 5.73 Å². The van der Waals surface area contributed by atoms with Gasteiger partial charge in [-0.1, -0.05) is 37.3 Å². The average Bonchev–Trinajstić information content (AvgIpc) is 3.19. The zero-order chi connectivity index (χ0) is 12.3. The Kier molecular flexibility index (Phi) is 5.63. The molecule has 1 aliphatic rings. The van der Waals surface area contributed by atoms with Crippen LogP contribution in [-0.2, 0) is 11.3 Å². The third-order valence-corrected chi connectivity index (χ3v) is 3.24. The van der Waals surface area contributed by atoms with Crippen LogP contribution in [0.1, 0.15) is 25.3 Å². The molecule has 1 aliphatic carbocycles. The molecular weight excluding hydrogens is 248 g/mol. The van der Waals surface area contributed by atoms with Gasteiger partial charge in [0.25, 0.3) is 0 Å². The summed E-state index contributed by atoms with van der Waals surface area (Å²) in [7, 11) is 0. The van der Waals surface area contributed by atoms with Crippen LogP contribution in [0.5, 0.6) is 0 Å². The van der Waals surface area contributed by atoms with Crippen LogP contribution in [0.4, 0.5) is 0 Å². The van der Waals surface area contributed by atoms with Crippen molar-refractivity contribution in [3.63, 3.8) is 0 Å². The SMILES string of the molecule is CC(CN)C(=O)N(Cc1ccccc1)C1CC1.Cl. The molecule has 2 N–H and O–H groups in total. The van der Waals surface area contributed by atoms with E-state index in [1.54, 1.807) is 0 Å². The Morgan fingerprint density at radius 1 is 1.39 bits per heavy atom. The van der Waals surface area contributed by atoms with E-state index in [1.165, 1.54) is 5.56 Å². The molecule has 0 aliphatic heterocycles. The van der Waals surface area contributed by atoms with Crippen molar-refractivity contribution < 1.29 is 4.79 Å². The van der Waals surface area contributed by atoms with Crippen molar-refractivity contribution in [3.8, 4) is 0 Å². The highest BCUT2D eigenvalue weighted by molar-refractivity contribution is 5.85. The number of amides is 1. The van der Waals surface area contributed by atoms with Gasteiger partial charge in [0.2, 0.25) is 5.91 Å². The summed E-state index contributed by atoms with van der Waals surface area (Å²) in [5.74, 6) is 0.123. The van der Waals surface area contributed by atoms with Crippen LogP contribution >= 0.6 is 12.4 Å². The van der Waals surface area contributed by atoms with Crippen molar-refractivity contribution in [2.75, 3.05) is 6.54 Å². The van der Waals surface area contributed by atoms with Crippen LogP contribution in [0.3, 0.4) is 0 Å². The Morgan fingerprint density at radius 2 is 2.00 bits per heavy atom. The summed E-state index contributed by atoms with van der Waals surface area (Å²) < 4.78 is 0. The highest BCUT2D eigenvalue weighted by atomic mass is 35.5. The van der Waals surface area contributed by atoms with E-state index in [0.29, 0.717) is 19.1 Å². The molecule has 3 nitrogen and oxygen atoms in total. The van der Waals surface area contributed by atoms with Gasteiger partial charge in [-0.25, -0.2) is 0 Å². The van der Waals surface area contributed by atoms with Gasteiger partial charge in [-0.2, -0.15) is 0 Å². The predicted molar refractivity (Wildman–Crippen MR) is 75.5 cm³/mol. The second-order valence-electron chi connectivity index (χ2n) is 4.82. The topological polar surface area (TPSA) is 46.3 Å². The van der Waals surface area contributed by atoms with Gasteiger partial charge in [-0.05, 0) is 18.4 Å². The van der Waals surface area contributed by atoms with Crippen molar-refractivity contribution in [3.05, 3.63) is 35.9 Å². The Bertz CT molecular complexity index is 379. The maximum absolute atomic E-state index is 12.2. The van der Waals surface area contributed by atoms with Crippen molar-refractivity contribution in [2.24, 2.45) is 11.7 Å². The molecule has 1 amide bonds. The summed E-state index contributed by atoms with van der Waals surface area (Å²) in [6, 6.07) is 10.6. The molecule has 0 bridgehead atoms. The van der Waals surface area contributed by atoms with E-state index >= 15 is 0 Å². The molecule has 1 unspecified atom stereocenters. The third kappa shape index (κ3) is 3.72. The first kappa shape index (κ1) is 15.0. The molecule has 1 saturated carbocycles. The van der Waals surface area contributed by atoms with Gasteiger partial charge in [0.15, 0.2) is 0 Å². The molecule has 0 aromatic heterocycles. The first-order valence-corrected chi connectivity index (χ1v) is 6.27. The number of hydrogen-bond acceptors (Lipinski definition) is 2. The van der Waals surface area contributed by atoms with Gasteiger partial charge in [-0.3, -0.25) is 4.79 Å². The Hall–Kier alpha value is -1.06. The van der Waals surface area contributed by atoms with Crippen LogP contribution in [0, 0.1) is 5.92 Å². The standard InChI is InChI=1S/C14H20N2O.ClH/c1-11(9-15)14(17)16(13-7-8-13)10-12-5-3-2-4-6-12;/h2-6,11,13H,7-10,15H2,1H3;1H. The minimum Gasteiger partial charge on any atom is -0.335 e. The highest BCUT2D eigenvalue weighted by Gasteiger charge is 2.33. The summed E-state index contributed by atoms with van der Waals surface area (Å²) in [5, 5.41) is 0. The maximum Gasteiger partial charge on any atom is 0.227 e. The van der Waals surface area contributed by atoms with Gasteiger partial charge in [-0.15, -0.1) is 12.4 Å². The lowest BCUT2D eigenvalue weighted by Crippen LogP contribution is -2.38. The minimum atomic E-state index is -0.0701. The molecule has 0 heterocycles. The second kappa shape index (κ2) is 6.76. The van der Waals surface area contributed by atoms with Crippen LogP contribution in [0.15, 0.2) is 30.3 Å². The van der Waals surface area contributed by atoms with Crippen molar-refractivity contribution in [1.29, 1.82) is 0 Å². The predicted octanol–water partition coefficient (Wildman–Crippen LogP) is 2.19. The van der Waals surface area contributed by atoms with Crippen molar-refractivity contribution in [2.45, 2.75) is 32.4 Å². The molecule has 100 valence electrons. The summed E-state index contributed by atoms with van der Waals surface area (Å²) in [4.78, 5) is 14.2. The molecule has 1 fully saturated rings. The maximum atomic E-state index is 12.2. The molecule has 18 heavy (non-hydrogen) atoms. The smallest absolute Gasteiger partial charge is 0.227 e. The molecule has 0 spiro atoms. The molecule has 0 radical (unpaired) electrons. The molecule has 1 atom stereocenters. The zero-order valence-corrected chi connectivity index (χ0v) is 11.5. The summed E-state index contributed by atoms with van der Waals surface area (Å²) in [6.45, 7) is 3.05. The third-order valence-electron chi connectivity index (χ3n) is 3.24. The van der Waals surface area contributed by atoms with Crippen LogP contribution in [0.25, 0.3) is 0 Å². The lowest BCUT2D eigenvalue weighted by Gasteiger charge is -2.25. The number of nitrogens with zero attached hydrogens (tertiary/aromatic N) is 1. The molecule has 4 heteroatoms. The Morgan fingerprint density at radius 3 is 2.50 bits per heavy atom. The molecular formula is C14H21ClN2O. The molecule has 1 aromatic rings. The molecule has 1 aromatic carbocycles. The van der Waals surface area contributed by atoms with E-state index in [-0.39, 0.29) is 24.2 Å². The average molecular weight is 269 g/mol. The van der Waals surface area contributed by atoms with Gasteiger partial charge < -0.3 is 10.6 Å². The van der Waals surface area contributed by atoms with E-state index in [1.807, 2.05) is 30.0 Å². The fourth-order valence-electron chi connectivity index (χ4n) is 1.94. The Labute approximate surface area is 115 Å². The number of halogens is 1. The lowest BCUT2D eigenvalue weighted by atomic mass is 10.1. The molecule has 0 saturated heterocycles. The number of benzene rings is 1. The van der Waals surface area contributed by atoms with Crippen LogP contribution in [-0.4, -0.2) is 23.4 Å². The van der Waals surface area contributed by atoms with E-state index in [2.05, 4.69) is 12.1 Å². The first-order chi connectivity index (χ1) is 8.22. The second-order valence-corrected chi connectivity index (χ2v) is 4.82. The largest absolute Gasteiger partial charge is 0.335 e. The van der Waals surface area contributed by atoms with Crippen LogP contribution in [0.2, 0.25) is 0 Å².